The standard InChI is InChI=1S/C21H30N2O4/c1-15-4-5-17(26-15)14-23-10-6-16(7-11-23)13-22-20(25)18-12-19(24)27-21(18)8-2-3-9-21/h4-5,16,18H,2-3,6-14H2,1H3,(H,22,25)/t18-/m1/s1. The van der Waals surface area contributed by atoms with Gasteiger partial charge < -0.3 is 14.5 Å². The van der Waals surface area contributed by atoms with E-state index >= 15 is 0 Å². The molecule has 3 aliphatic rings. The molecule has 1 aromatic heterocycles. The van der Waals surface area contributed by atoms with Crippen LogP contribution in [0, 0.1) is 18.8 Å². The summed E-state index contributed by atoms with van der Waals surface area (Å²) in [7, 11) is 0. The highest BCUT2D eigenvalue weighted by molar-refractivity contribution is 5.87. The number of nitrogens with zero attached hydrogens (tertiary/aromatic N) is 1. The maximum absolute atomic E-state index is 12.7. The molecule has 1 N–H and O–H groups in total. The SMILES string of the molecule is Cc1ccc(CN2CCC(CNC(=O)[C@H]3CC(=O)OC34CCCC4)CC2)o1. The van der Waals surface area contributed by atoms with Crippen molar-refractivity contribution >= 4 is 11.9 Å². The molecule has 1 amide bonds. The minimum Gasteiger partial charge on any atom is -0.465 e. The van der Waals surface area contributed by atoms with E-state index < -0.39 is 5.60 Å². The number of carbonyl (C=O) groups excluding carboxylic acids is 2. The lowest BCUT2D eigenvalue weighted by Crippen LogP contribution is -2.45. The average Bonchev–Trinajstić information content (AvgIpc) is 3.36. The second-order valence-corrected chi connectivity index (χ2v) is 8.48. The maximum Gasteiger partial charge on any atom is 0.307 e. The predicted octanol–water partition coefficient (Wildman–Crippen LogP) is 2.79. The lowest BCUT2D eigenvalue weighted by molar-refractivity contribution is -0.150. The van der Waals surface area contributed by atoms with Crippen LogP contribution in [0.5, 0.6) is 0 Å². The van der Waals surface area contributed by atoms with E-state index in [0.717, 1.165) is 69.7 Å². The fourth-order valence-corrected chi connectivity index (χ4v) is 4.96. The Hall–Kier alpha value is -1.82. The second-order valence-electron chi connectivity index (χ2n) is 8.48. The molecule has 2 saturated heterocycles. The number of rotatable bonds is 5. The van der Waals surface area contributed by atoms with Gasteiger partial charge in [-0.25, -0.2) is 0 Å². The van der Waals surface area contributed by atoms with Gasteiger partial charge in [0.05, 0.1) is 18.9 Å². The van der Waals surface area contributed by atoms with Gasteiger partial charge in [0.25, 0.3) is 0 Å². The van der Waals surface area contributed by atoms with Crippen LogP contribution in [-0.2, 0) is 20.9 Å². The van der Waals surface area contributed by atoms with Crippen LogP contribution in [0.3, 0.4) is 0 Å². The molecule has 1 aromatic rings. The first-order valence-electron chi connectivity index (χ1n) is 10.3. The number of aryl methyl sites for hydroxylation is 1. The molecule has 1 spiro atoms. The lowest BCUT2D eigenvalue weighted by atomic mass is 9.85. The molecular formula is C21H30N2O4. The molecule has 0 radical (unpaired) electrons. The highest BCUT2D eigenvalue weighted by Gasteiger charge is 2.53. The quantitative estimate of drug-likeness (QED) is 0.803. The Labute approximate surface area is 160 Å². The van der Waals surface area contributed by atoms with Gasteiger partial charge in [-0.3, -0.25) is 14.5 Å². The van der Waals surface area contributed by atoms with Crippen LogP contribution in [-0.4, -0.2) is 42.0 Å². The summed E-state index contributed by atoms with van der Waals surface area (Å²) in [4.78, 5) is 26.9. The van der Waals surface area contributed by atoms with Crippen molar-refractivity contribution in [2.75, 3.05) is 19.6 Å². The van der Waals surface area contributed by atoms with Gasteiger partial charge in [-0.1, -0.05) is 0 Å². The number of piperidine rings is 1. The van der Waals surface area contributed by atoms with E-state index in [1.807, 2.05) is 19.1 Å². The lowest BCUT2D eigenvalue weighted by Gasteiger charge is -2.32. The summed E-state index contributed by atoms with van der Waals surface area (Å²) >= 11 is 0. The van der Waals surface area contributed by atoms with Crippen molar-refractivity contribution in [1.82, 2.24) is 10.2 Å². The van der Waals surface area contributed by atoms with Gasteiger partial charge in [0.15, 0.2) is 0 Å². The van der Waals surface area contributed by atoms with Crippen LogP contribution in [0.1, 0.15) is 56.5 Å². The third-order valence-electron chi connectivity index (χ3n) is 6.54. The molecule has 6 nitrogen and oxygen atoms in total. The van der Waals surface area contributed by atoms with Crippen molar-refractivity contribution in [2.45, 2.75) is 64.0 Å². The summed E-state index contributed by atoms with van der Waals surface area (Å²) in [5.74, 6) is 1.98. The van der Waals surface area contributed by atoms with Crippen LogP contribution < -0.4 is 5.32 Å². The molecule has 27 heavy (non-hydrogen) atoms. The molecule has 2 aliphatic heterocycles. The Morgan fingerprint density at radius 1 is 1.26 bits per heavy atom. The van der Waals surface area contributed by atoms with E-state index in [1.54, 1.807) is 0 Å². The number of nitrogens with one attached hydrogen (secondary N) is 1. The summed E-state index contributed by atoms with van der Waals surface area (Å²) in [6, 6.07) is 4.05. The molecule has 1 atom stereocenters. The number of ether oxygens (including phenoxy) is 1. The minimum atomic E-state index is -0.508. The minimum absolute atomic E-state index is 0.0104. The third kappa shape index (κ3) is 4.05. The maximum atomic E-state index is 12.7. The molecule has 1 saturated carbocycles. The topological polar surface area (TPSA) is 71.8 Å². The first kappa shape index (κ1) is 18.5. The fraction of sp³-hybridized carbons (Fsp3) is 0.714. The van der Waals surface area contributed by atoms with Crippen LogP contribution in [0.25, 0.3) is 0 Å². The molecule has 6 heteroatoms. The summed E-state index contributed by atoms with van der Waals surface area (Å²) < 4.78 is 11.3. The molecular weight excluding hydrogens is 344 g/mol. The normalized spacial score (nSPS) is 25.8. The van der Waals surface area contributed by atoms with Crippen molar-refractivity contribution in [2.24, 2.45) is 11.8 Å². The number of esters is 1. The number of furan rings is 1. The van der Waals surface area contributed by atoms with E-state index in [2.05, 4.69) is 10.2 Å². The molecule has 3 fully saturated rings. The number of likely N-dealkylation sites (tertiary alicyclic amines) is 1. The van der Waals surface area contributed by atoms with Gasteiger partial charge in [0.2, 0.25) is 5.91 Å². The Morgan fingerprint density at radius 3 is 2.67 bits per heavy atom. The van der Waals surface area contributed by atoms with Crippen molar-refractivity contribution in [3.63, 3.8) is 0 Å². The summed E-state index contributed by atoms with van der Waals surface area (Å²) in [6.07, 6.45) is 6.15. The Kier molecular flexibility index (Phi) is 5.26. The second kappa shape index (κ2) is 7.66. The van der Waals surface area contributed by atoms with Gasteiger partial charge in [0.1, 0.15) is 17.1 Å². The van der Waals surface area contributed by atoms with E-state index in [0.29, 0.717) is 12.5 Å². The molecule has 148 valence electrons. The molecule has 1 aliphatic carbocycles. The summed E-state index contributed by atoms with van der Waals surface area (Å²) in [6.45, 7) is 5.58. The average molecular weight is 374 g/mol. The smallest absolute Gasteiger partial charge is 0.307 e. The van der Waals surface area contributed by atoms with Gasteiger partial charge in [-0.05, 0) is 76.6 Å². The Morgan fingerprint density at radius 2 is 2.00 bits per heavy atom. The fourth-order valence-electron chi connectivity index (χ4n) is 4.96. The van der Waals surface area contributed by atoms with Gasteiger partial charge in [-0.2, -0.15) is 0 Å². The van der Waals surface area contributed by atoms with Gasteiger partial charge >= 0.3 is 5.97 Å². The number of hydrogen-bond donors (Lipinski definition) is 1. The molecule has 0 aromatic carbocycles. The monoisotopic (exact) mass is 374 g/mol. The van der Waals surface area contributed by atoms with Crippen molar-refractivity contribution in [3.05, 3.63) is 23.7 Å². The molecule has 4 rings (SSSR count). The molecule has 3 heterocycles. The zero-order valence-corrected chi connectivity index (χ0v) is 16.2. The van der Waals surface area contributed by atoms with Crippen LogP contribution in [0.2, 0.25) is 0 Å². The van der Waals surface area contributed by atoms with E-state index in [-0.39, 0.29) is 24.2 Å². The zero-order chi connectivity index (χ0) is 18.9. The summed E-state index contributed by atoms with van der Waals surface area (Å²) in [5.41, 5.74) is -0.508. The Balaban J connectivity index is 1.23. The van der Waals surface area contributed by atoms with Crippen LogP contribution in [0.15, 0.2) is 16.5 Å². The number of carbonyl (C=O) groups is 2. The zero-order valence-electron chi connectivity index (χ0n) is 16.2. The van der Waals surface area contributed by atoms with E-state index in [9.17, 15) is 9.59 Å². The van der Waals surface area contributed by atoms with Crippen molar-refractivity contribution < 1.29 is 18.7 Å². The van der Waals surface area contributed by atoms with E-state index in [1.165, 1.54) is 0 Å². The largest absolute Gasteiger partial charge is 0.465 e. The predicted molar refractivity (Wildman–Crippen MR) is 99.9 cm³/mol. The van der Waals surface area contributed by atoms with Crippen LogP contribution >= 0.6 is 0 Å². The van der Waals surface area contributed by atoms with Crippen molar-refractivity contribution in [3.8, 4) is 0 Å². The van der Waals surface area contributed by atoms with Gasteiger partial charge in [0, 0.05) is 6.54 Å². The highest BCUT2D eigenvalue weighted by atomic mass is 16.6. The first-order valence-corrected chi connectivity index (χ1v) is 10.3. The molecule has 0 unspecified atom stereocenters. The van der Waals surface area contributed by atoms with Crippen molar-refractivity contribution in [1.29, 1.82) is 0 Å². The highest BCUT2D eigenvalue weighted by Crippen LogP contribution is 2.45. The first-order chi connectivity index (χ1) is 13.0. The van der Waals surface area contributed by atoms with Crippen LogP contribution in [0.4, 0.5) is 0 Å². The summed E-state index contributed by atoms with van der Waals surface area (Å²) in [5, 5.41) is 3.13. The molecule has 0 bridgehead atoms. The number of hydrogen-bond acceptors (Lipinski definition) is 5. The van der Waals surface area contributed by atoms with Gasteiger partial charge in [-0.15, -0.1) is 0 Å². The third-order valence-corrected chi connectivity index (χ3v) is 6.54. The Bertz CT molecular complexity index is 684. The van der Waals surface area contributed by atoms with E-state index in [4.69, 9.17) is 9.15 Å². The number of amides is 1.